The highest BCUT2D eigenvalue weighted by Gasteiger charge is 2.34. The van der Waals surface area contributed by atoms with Gasteiger partial charge in [-0.15, -0.1) is 0 Å². The number of H-pyrrole nitrogens is 1. The van der Waals surface area contributed by atoms with E-state index in [0.29, 0.717) is 18.1 Å². The van der Waals surface area contributed by atoms with Crippen molar-refractivity contribution in [2.75, 3.05) is 7.11 Å². The topological polar surface area (TPSA) is 103 Å². The first kappa shape index (κ1) is 14.7. The molecule has 7 heteroatoms. The fourth-order valence-electron chi connectivity index (χ4n) is 2.24. The van der Waals surface area contributed by atoms with Crippen LogP contribution in [-0.2, 0) is 16.8 Å². The second-order valence-electron chi connectivity index (χ2n) is 4.75. The highest BCUT2D eigenvalue weighted by Crippen LogP contribution is 2.30. The molecule has 2 aromatic rings. The van der Waals surface area contributed by atoms with Crippen LogP contribution in [0.4, 0.5) is 0 Å². The predicted molar refractivity (Wildman–Crippen MR) is 72.8 cm³/mol. The van der Waals surface area contributed by atoms with Gasteiger partial charge in [0.05, 0.1) is 12.4 Å². The molecule has 0 unspecified atom stereocenters. The van der Waals surface area contributed by atoms with Gasteiger partial charge >= 0.3 is 0 Å². The number of hydrogen-bond acceptors (Lipinski definition) is 6. The van der Waals surface area contributed by atoms with Crippen molar-refractivity contribution in [2.45, 2.75) is 44.8 Å². The van der Waals surface area contributed by atoms with Crippen molar-refractivity contribution in [1.29, 1.82) is 0 Å². The molecular weight excluding hydrogens is 258 g/mol. The van der Waals surface area contributed by atoms with Gasteiger partial charge in [-0.3, -0.25) is 0 Å². The van der Waals surface area contributed by atoms with E-state index < -0.39 is 5.60 Å². The maximum atomic E-state index is 6.08. The number of hydrogen-bond donors (Lipinski definition) is 2. The van der Waals surface area contributed by atoms with Gasteiger partial charge in [0, 0.05) is 25.4 Å². The van der Waals surface area contributed by atoms with Crippen LogP contribution in [0.2, 0.25) is 0 Å². The van der Waals surface area contributed by atoms with Crippen molar-refractivity contribution in [3.8, 4) is 0 Å². The number of ether oxygens (including phenoxy) is 1. The third-order valence-electron chi connectivity index (χ3n) is 3.69. The molecule has 2 aromatic heterocycles. The fourth-order valence-corrected chi connectivity index (χ4v) is 2.24. The van der Waals surface area contributed by atoms with E-state index in [-0.39, 0.29) is 6.04 Å². The van der Waals surface area contributed by atoms with Crippen LogP contribution >= 0.6 is 0 Å². The lowest BCUT2D eigenvalue weighted by Gasteiger charge is -2.25. The van der Waals surface area contributed by atoms with Crippen LogP contribution in [0.1, 0.15) is 50.1 Å². The van der Waals surface area contributed by atoms with E-state index in [1.807, 2.05) is 13.8 Å². The van der Waals surface area contributed by atoms with E-state index >= 15 is 0 Å². The minimum absolute atomic E-state index is 0.361. The van der Waals surface area contributed by atoms with E-state index in [9.17, 15) is 0 Å². The molecule has 7 nitrogen and oxygen atoms in total. The van der Waals surface area contributed by atoms with Gasteiger partial charge in [-0.1, -0.05) is 19.0 Å². The molecule has 0 saturated heterocycles. The second kappa shape index (κ2) is 6.15. The van der Waals surface area contributed by atoms with Crippen molar-refractivity contribution in [3.63, 3.8) is 0 Å². The molecule has 0 spiro atoms. The number of aromatic nitrogens is 4. The fraction of sp³-hybridized carbons (Fsp3) is 0.615. The Morgan fingerprint density at radius 1 is 1.45 bits per heavy atom. The summed E-state index contributed by atoms with van der Waals surface area (Å²) in [6.45, 7) is 4.07. The summed E-state index contributed by atoms with van der Waals surface area (Å²) in [7, 11) is 1.66. The van der Waals surface area contributed by atoms with Crippen LogP contribution in [-0.4, -0.2) is 27.2 Å². The number of methoxy groups -OCH3 is 1. The number of aromatic amines is 1. The molecule has 0 aliphatic heterocycles. The maximum Gasteiger partial charge on any atom is 0.244 e. The second-order valence-corrected chi connectivity index (χ2v) is 4.75. The summed E-state index contributed by atoms with van der Waals surface area (Å²) < 4.78 is 10.9. The molecule has 0 aliphatic carbocycles. The van der Waals surface area contributed by atoms with Crippen LogP contribution in [0.5, 0.6) is 0 Å². The van der Waals surface area contributed by atoms with Gasteiger partial charge in [0.1, 0.15) is 5.60 Å². The van der Waals surface area contributed by atoms with Gasteiger partial charge in [0.25, 0.3) is 0 Å². The van der Waals surface area contributed by atoms with Crippen molar-refractivity contribution < 1.29 is 9.26 Å². The smallest absolute Gasteiger partial charge is 0.244 e. The zero-order valence-corrected chi connectivity index (χ0v) is 12.1. The van der Waals surface area contributed by atoms with Crippen LogP contribution in [0.25, 0.3) is 0 Å². The summed E-state index contributed by atoms with van der Waals surface area (Å²) in [5.74, 6) is 0.970. The molecule has 0 radical (unpaired) electrons. The Kier molecular flexibility index (Phi) is 4.51. The van der Waals surface area contributed by atoms with Crippen molar-refractivity contribution in [2.24, 2.45) is 5.73 Å². The summed E-state index contributed by atoms with van der Waals surface area (Å²) >= 11 is 0. The van der Waals surface area contributed by atoms with Gasteiger partial charge < -0.3 is 20.0 Å². The Balaban J connectivity index is 2.15. The molecule has 0 aromatic carbocycles. The molecule has 2 heterocycles. The van der Waals surface area contributed by atoms with Crippen molar-refractivity contribution in [3.05, 3.63) is 29.9 Å². The lowest BCUT2D eigenvalue weighted by molar-refractivity contribution is -0.0306. The van der Waals surface area contributed by atoms with Gasteiger partial charge in [-0.2, -0.15) is 4.98 Å². The Morgan fingerprint density at radius 2 is 2.20 bits per heavy atom. The molecule has 0 saturated carbocycles. The standard InChI is InChI=1S/C13H21N5O2/c1-4-13(5-2,19-3)12-17-11(20-18-12)10(14)6-9-7-15-8-16-9/h7-8,10H,4-6,14H2,1-3H3,(H,15,16)/t10-/m1/s1. The molecule has 1 atom stereocenters. The number of rotatable bonds is 7. The first-order valence-electron chi connectivity index (χ1n) is 6.77. The predicted octanol–water partition coefficient (Wildman–Crippen LogP) is 1.70. The average Bonchev–Trinajstić information content (AvgIpc) is 3.13. The monoisotopic (exact) mass is 279 g/mol. The first-order chi connectivity index (χ1) is 9.65. The summed E-state index contributed by atoms with van der Waals surface area (Å²) in [6.07, 6.45) is 5.46. The molecule has 110 valence electrons. The average molecular weight is 279 g/mol. The number of nitrogens with one attached hydrogen (secondary N) is 1. The molecular formula is C13H21N5O2. The highest BCUT2D eigenvalue weighted by atomic mass is 16.5. The molecule has 3 N–H and O–H groups in total. The van der Waals surface area contributed by atoms with E-state index in [4.69, 9.17) is 15.0 Å². The number of nitrogens with two attached hydrogens (primary N) is 1. The van der Waals surface area contributed by atoms with Crippen molar-refractivity contribution >= 4 is 0 Å². The van der Waals surface area contributed by atoms with E-state index in [0.717, 1.165) is 18.5 Å². The summed E-state index contributed by atoms with van der Waals surface area (Å²) in [5, 5.41) is 4.03. The maximum absolute atomic E-state index is 6.08. The van der Waals surface area contributed by atoms with Gasteiger partial charge in [0.15, 0.2) is 0 Å². The molecule has 2 rings (SSSR count). The van der Waals surface area contributed by atoms with E-state index in [1.54, 1.807) is 19.6 Å². The quantitative estimate of drug-likeness (QED) is 0.799. The van der Waals surface area contributed by atoms with Crippen LogP contribution in [0, 0.1) is 0 Å². The minimum Gasteiger partial charge on any atom is -0.370 e. The largest absolute Gasteiger partial charge is 0.370 e. The Hall–Kier alpha value is -1.73. The molecule has 0 amide bonds. The van der Waals surface area contributed by atoms with Crippen LogP contribution < -0.4 is 5.73 Å². The zero-order valence-electron chi connectivity index (χ0n) is 12.1. The lowest BCUT2D eigenvalue weighted by Crippen LogP contribution is -2.28. The zero-order chi connectivity index (χ0) is 14.6. The van der Waals surface area contributed by atoms with E-state index in [1.165, 1.54) is 0 Å². The number of imidazole rings is 1. The third-order valence-corrected chi connectivity index (χ3v) is 3.69. The Labute approximate surface area is 117 Å². The Bertz CT molecular complexity index is 510. The number of nitrogens with zero attached hydrogens (tertiary/aromatic N) is 3. The summed E-state index contributed by atoms with van der Waals surface area (Å²) in [5.41, 5.74) is 6.51. The van der Waals surface area contributed by atoms with Gasteiger partial charge in [-0.05, 0) is 12.8 Å². The summed E-state index contributed by atoms with van der Waals surface area (Å²) in [6, 6.07) is -0.361. The highest BCUT2D eigenvalue weighted by molar-refractivity contribution is 5.05. The first-order valence-corrected chi connectivity index (χ1v) is 6.77. The van der Waals surface area contributed by atoms with Crippen LogP contribution in [0.15, 0.2) is 17.0 Å². The van der Waals surface area contributed by atoms with Gasteiger partial charge in [0.2, 0.25) is 11.7 Å². The lowest BCUT2D eigenvalue weighted by atomic mass is 9.96. The normalized spacial score (nSPS) is 13.6. The van der Waals surface area contributed by atoms with Crippen LogP contribution in [0.3, 0.4) is 0 Å². The summed E-state index contributed by atoms with van der Waals surface area (Å²) in [4.78, 5) is 11.4. The molecule has 0 aliphatic rings. The van der Waals surface area contributed by atoms with Gasteiger partial charge in [-0.25, -0.2) is 4.98 Å². The third kappa shape index (κ3) is 2.73. The van der Waals surface area contributed by atoms with E-state index in [2.05, 4.69) is 20.1 Å². The Morgan fingerprint density at radius 3 is 2.75 bits per heavy atom. The molecule has 20 heavy (non-hydrogen) atoms. The SMILES string of the molecule is CCC(CC)(OC)c1noc([C@H](N)Cc2cnc[nH]2)n1. The molecule has 0 fully saturated rings. The molecule has 0 bridgehead atoms. The minimum atomic E-state index is -0.505. The van der Waals surface area contributed by atoms with Crippen molar-refractivity contribution in [1.82, 2.24) is 20.1 Å².